The number of hydrogen-bond donors (Lipinski definition) is 1. The molecule has 0 bridgehead atoms. The fourth-order valence-corrected chi connectivity index (χ4v) is 5.30. The number of likely N-dealkylation sites (tertiary alicyclic amines) is 1. The van der Waals surface area contributed by atoms with E-state index in [9.17, 15) is 9.90 Å². The lowest BCUT2D eigenvalue weighted by Crippen LogP contribution is -2.38. The number of carbonyl (C=O) groups excluding carboxylic acids is 1. The van der Waals surface area contributed by atoms with Crippen LogP contribution < -0.4 is 9.47 Å². The number of nitrogens with zero attached hydrogens (tertiary/aromatic N) is 1. The van der Waals surface area contributed by atoms with Gasteiger partial charge in [-0.2, -0.15) is 0 Å². The lowest BCUT2D eigenvalue weighted by atomic mass is 9.91. The first-order valence-electron chi connectivity index (χ1n) is 10.9. The number of fused-ring (bicyclic) bond motifs is 2. The number of carbonyl (C=O) groups is 1. The molecule has 2 atom stereocenters. The van der Waals surface area contributed by atoms with E-state index >= 15 is 0 Å². The zero-order valence-electron chi connectivity index (χ0n) is 18.2. The van der Waals surface area contributed by atoms with Gasteiger partial charge in [-0.3, -0.25) is 9.69 Å². The minimum absolute atomic E-state index is 0.143. The molecule has 6 nitrogen and oxygen atoms in total. The van der Waals surface area contributed by atoms with E-state index in [0.29, 0.717) is 58.2 Å². The molecule has 5 rings (SSSR count). The van der Waals surface area contributed by atoms with Gasteiger partial charge < -0.3 is 19.3 Å². The van der Waals surface area contributed by atoms with Crippen molar-refractivity contribution < 1.29 is 24.1 Å². The van der Waals surface area contributed by atoms with Gasteiger partial charge >= 0.3 is 0 Å². The molecule has 3 heterocycles. The Kier molecular flexibility index (Phi) is 5.61. The van der Waals surface area contributed by atoms with Crippen LogP contribution in [-0.4, -0.2) is 35.7 Å². The van der Waals surface area contributed by atoms with Crippen molar-refractivity contribution in [2.24, 2.45) is 11.8 Å². The summed E-state index contributed by atoms with van der Waals surface area (Å²) in [5.74, 6) is 2.37. The normalized spacial score (nSPS) is 24.1. The van der Waals surface area contributed by atoms with Crippen LogP contribution in [0.3, 0.4) is 0 Å². The number of rotatable bonds is 3. The molecule has 32 heavy (non-hydrogen) atoms. The predicted octanol–water partition coefficient (Wildman–Crippen LogP) is 5.01. The Labute approximate surface area is 192 Å². The van der Waals surface area contributed by atoms with E-state index in [0.717, 1.165) is 18.7 Å². The minimum Gasteiger partial charge on any atom is -0.507 e. The maximum atomic E-state index is 13.1. The third-order valence-corrected chi connectivity index (χ3v) is 6.45. The van der Waals surface area contributed by atoms with Crippen molar-refractivity contribution in [3.8, 4) is 17.2 Å². The number of phenols is 1. The van der Waals surface area contributed by atoms with E-state index in [1.807, 2.05) is 0 Å². The Morgan fingerprint density at radius 3 is 2.75 bits per heavy atom. The van der Waals surface area contributed by atoms with Gasteiger partial charge in [-0.05, 0) is 48.6 Å². The van der Waals surface area contributed by atoms with Crippen LogP contribution in [-0.2, 0) is 17.9 Å². The Balaban J connectivity index is 1.48. The molecule has 3 aliphatic rings. The second-order valence-electron chi connectivity index (χ2n) is 9.11. The fourth-order valence-electron chi connectivity index (χ4n) is 5.05. The van der Waals surface area contributed by atoms with E-state index in [1.165, 1.54) is 6.42 Å². The van der Waals surface area contributed by atoms with Crippen molar-refractivity contribution in [3.63, 3.8) is 0 Å². The number of allylic oxidation sites excluding steroid dienone is 1. The van der Waals surface area contributed by atoms with Crippen LogP contribution in [0.4, 0.5) is 0 Å². The largest absolute Gasteiger partial charge is 0.507 e. The van der Waals surface area contributed by atoms with Gasteiger partial charge in [0.2, 0.25) is 5.78 Å². The van der Waals surface area contributed by atoms with Crippen molar-refractivity contribution in [2.75, 3.05) is 19.9 Å². The molecule has 0 radical (unpaired) electrons. The maximum Gasteiger partial charge on any atom is 0.231 e. The van der Waals surface area contributed by atoms with Crippen LogP contribution in [0.25, 0.3) is 6.08 Å². The van der Waals surface area contributed by atoms with Crippen LogP contribution in [0.5, 0.6) is 17.2 Å². The molecular formula is C25H26ClNO5. The molecule has 1 N–H and O–H groups in total. The summed E-state index contributed by atoms with van der Waals surface area (Å²) in [4.78, 5) is 15.5. The number of phenolic OH excluding ortho intramolecular Hbond substituents is 1. The van der Waals surface area contributed by atoms with Gasteiger partial charge in [-0.25, -0.2) is 0 Å². The van der Waals surface area contributed by atoms with E-state index in [1.54, 1.807) is 30.3 Å². The summed E-state index contributed by atoms with van der Waals surface area (Å²) < 4.78 is 17.0. The van der Waals surface area contributed by atoms with Crippen molar-refractivity contribution in [2.45, 2.75) is 33.4 Å². The standard InChI is InChI=1S/C25H26ClNO5/c1-14-5-15(2)10-27(9-14)11-20-21(28)4-3-19-23(29)22(32-25(19)20)8-16-6-18(26)7-17-12-30-13-31-24(16)17/h3-4,6-8,14-15,28H,5,9-13H2,1-2H3/t14-,15+. The monoisotopic (exact) mass is 455 g/mol. The molecule has 7 heteroatoms. The lowest BCUT2D eigenvalue weighted by molar-refractivity contribution is -0.0165. The number of piperidine rings is 1. The molecule has 0 unspecified atom stereocenters. The molecule has 1 fully saturated rings. The van der Waals surface area contributed by atoms with Crippen LogP contribution in [0, 0.1) is 11.8 Å². The molecule has 2 aromatic rings. The van der Waals surface area contributed by atoms with Crippen molar-refractivity contribution in [1.29, 1.82) is 0 Å². The molecule has 0 amide bonds. The third-order valence-electron chi connectivity index (χ3n) is 6.23. The zero-order valence-corrected chi connectivity index (χ0v) is 18.9. The molecule has 0 aliphatic carbocycles. The van der Waals surface area contributed by atoms with Crippen LogP contribution in [0.2, 0.25) is 5.02 Å². The van der Waals surface area contributed by atoms with E-state index < -0.39 is 0 Å². The average molecular weight is 456 g/mol. The van der Waals surface area contributed by atoms with E-state index in [4.69, 9.17) is 25.8 Å². The lowest BCUT2D eigenvalue weighted by Gasteiger charge is -2.35. The first-order valence-corrected chi connectivity index (χ1v) is 11.3. The summed E-state index contributed by atoms with van der Waals surface area (Å²) >= 11 is 6.27. The second-order valence-corrected chi connectivity index (χ2v) is 9.55. The third kappa shape index (κ3) is 3.98. The summed E-state index contributed by atoms with van der Waals surface area (Å²) in [7, 11) is 0. The molecule has 1 saturated heterocycles. The number of Topliss-reactive ketones (excluding diaryl/α,β-unsaturated/α-hetero) is 1. The second kappa shape index (κ2) is 8.43. The number of aromatic hydroxyl groups is 1. The molecule has 0 aromatic heterocycles. The first-order chi connectivity index (χ1) is 15.4. The summed E-state index contributed by atoms with van der Waals surface area (Å²) in [6.45, 7) is 7.49. The Bertz CT molecular complexity index is 1100. The fraction of sp³-hybridized carbons (Fsp3) is 0.400. The summed E-state index contributed by atoms with van der Waals surface area (Å²) in [5, 5.41) is 11.1. The number of hydrogen-bond acceptors (Lipinski definition) is 6. The topological polar surface area (TPSA) is 68.2 Å². The van der Waals surface area contributed by atoms with Gasteiger partial charge in [0, 0.05) is 35.8 Å². The van der Waals surface area contributed by atoms with Crippen LogP contribution in [0.15, 0.2) is 30.0 Å². The van der Waals surface area contributed by atoms with Gasteiger partial charge in [-0.1, -0.05) is 25.4 Å². The average Bonchev–Trinajstić information content (AvgIpc) is 3.05. The molecule has 168 valence electrons. The maximum absolute atomic E-state index is 13.1. The van der Waals surface area contributed by atoms with E-state index in [2.05, 4.69) is 18.7 Å². The van der Waals surface area contributed by atoms with Crippen molar-refractivity contribution in [1.82, 2.24) is 4.90 Å². The molecular weight excluding hydrogens is 430 g/mol. The highest BCUT2D eigenvalue weighted by Crippen LogP contribution is 2.42. The minimum atomic E-state index is -0.220. The summed E-state index contributed by atoms with van der Waals surface area (Å²) in [5.41, 5.74) is 2.60. The molecule has 3 aliphatic heterocycles. The Morgan fingerprint density at radius 2 is 1.97 bits per heavy atom. The Hall–Kier alpha value is -2.54. The SMILES string of the molecule is C[C@@H]1C[C@H](C)CN(Cc2c(O)ccc3c2OC(=Cc2cc(Cl)cc4c2OCOC4)C3=O)C1. The molecule has 0 saturated carbocycles. The van der Waals surface area contributed by atoms with Crippen LogP contribution in [0.1, 0.15) is 47.3 Å². The predicted molar refractivity (Wildman–Crippen MR) is 121 cm³/mol. The highest BCUT2D eigenvalue weighted by Gasteiger charge is 2.33. The van der Waals surface area contributed by atoms with Crippen molar-refractivity contribution in [3.05, 3.63) is 57.3 Å². The van der Waals surface area contributed by atoms with Gasteiger partial charge in [0.15, 0.2) is 12.6 Å². The van der Waals surface area contributed by atoms with Gasteiger partial charge in [0.25, 0.3) is 0 Å². The highest BCUT2D eigenvalue weighted by atomic mass is 35.5. The molecule has 2 aromatic carbocycles. The smallest absolute Gasteiger partial charge is 0.231 e. The zero-order chi connectivity index (χ0) is 22.4. The number of halogens is 1. The highest BCUT2D eigenvalue weighted by molar-refractivity contribution is 6.31. The number of ether oxygens (including phenoxy) is 3. The summed E-state index contributed by atoms with van der Waals surface area (Å²) in [6, 6.07) is 6.74. The number of ketones is 1. The number of benzene rings is 2. The van der Waals surface area contributed by atoms with Gasteiger partial charge in [0.05, 0.1) is 17.7 Å². The first kappa shape index (κ1) is 21.3. The van der Waals surface area contributed by atoms with Crippen molar-refractivity contribution >= 4 is 23.5 Å². The molecule has 0 spiro atoms. The Morgan fingerprint density at radius 1 is 1.19 bits per heavy atom. The summed E-state index contributed by atoms with van der Waals surface area (Å²) in [6.07, 6.45) is 2.86. The quantitative estimate of drug-likeness (QED) is 0.656. The van der Waals surface area contributed by atoms with E-state index in [-0.39, 0.29) is 24.1 Å². The van der Waals surface area contributed by atoms with Gasteiger partial charge in [-0.15, -0.1) is 0 Å². The van der Waals surface area contributed by atoms with Gasteiger partial charge in [0.1, 0.15) is 17.2 Å². The van der Waals surface area contributed by atoms with Crippen LogP contribution >= 0.6 is 11.6 Å².